The van der Waals surface area contributed by atoms with Crippen LogP contribution in [0, 0.1) is 26.2 Å². The number of likely N-dealkylation sites (tertiary alicyclic amines) is 1. The molecule has 1 N–H and O–H groups in total. The van der Waals surface area contributed by atoms with E-state index in [1.54, 1.807) is 18.7 Å². The monoisotopic (exact) mass is 371 g/mol. The number of rotatable bonds is 7. The van der Waals surface area contributed by atoms with Gasteiger partial charge in [0.15, 0.2) is 11.6 Å². The lowest BCUT2D eigenvalue weighted by Crippen LogP contribution is -2.52. The Morgan fingerprint density at radius 1 is 1.33 bits per heavy atom. The van der Waals surface area contributed by atoms with E-state index < -0.39 is 11.7 Å². The molecule has 27 heavy (non-hydrogen) atoms. The Bertz CT molecular complexity index is 786. The van der Waals surface area contributed by atoms with Crippen LogP contribution < -0.4 is 5.32 Å². The molecule has 3 heterocycles. The summed E-state index contributed by atoms with van der Waals surface area (Å²) in [6.07, 6.45) is 9.65. The molecule has 1 aromatic rings. The summed E-state index contributed by atoms with van der Waals surface area (Å²) >= 11 is 0. The number of hydrogen-bond donors (Lipinski definition) is 1. The SMILES string of the molecule is C#CCCC1(CCNC(=O)C2CCCCN2C(=O)c2oc(C)nc2C)N=N1. The molecular formula is C19H25N5O3. The van der Waals surface area contributed by atoms with Gasteiger partial charge in [-0.05, 0) is 26.2 Å². The highest BCUT2D eigenvalue weighted by molar-refractivity contribution is 5.96. The summed E-state index contributed by atoms with van der Waals surface area (Å²) in [6, 6.07) is -0.495. The van der Waals surface area contributed by atoms with Crippen LogP contribution in [0.15, 0.2) is 14.6 Å². The molecule has 2 amide bonds. The first-order chi connectivity index (χ1) is 13.0. The number of carbonyl (C=O) groups is 2. The van der Waals surface area contributed by atoms with Gasteiger partial charge in [0.1, 0.15) is 6.04 Å². The van der Waals surface area contributed by atoms with E-state index in [2.05, 4.69) is 26.4 Å². The Morgan fingerprint density at radius 3 is 2.74 bits per heavy atom. The van der Waals surface area contributed by atoms with Crippen LogP contribution in [0.3, 0.4) is 0 Å². The van der Waals surface area contributed by atoms with Gasteiger partial charge in [-0.25, -0.2) is 4.98 Å². The van der Waals surface area contributed by atoms with Gasteiger partial charge in [-0.1, -0.05) is 0 Å². The van der Waals surface area contributed by atoms with E-state index in [9.17, 15) is 9.59 Å². The summed E-state index contributed by atoms with van der Waals surface area (Å²) in [5.41, 5.74) is 0.130. The van der Waals surface area contributed by atoms with Crippen molar-refractivity contribution in [2.45, 2.75) is 64.1 Å². The Balaban J connectivity index is 1.58. The number of hydrogen-bond acceptors (Lipinski definition) is 6. The average molecular weight is 371 g/mol. The van der Waals surface area contributed by atoms with E-state index in [1.807, 2.05) is 0 Å². The maximum absolute atomic E-state index is 12.9. The van der Waals surface area contributed by atoms with E-state index in [4.69, 9.17) is 10.8 Å². The first-order valence-electron chi connectivity index (χ1n) is 9.36. The number of nitrogens with zero attached hydrogens (tertiary/aromatic N) is 4. The van der Waals surface area contributed by atoms with Gasteiger partial charge in [-0.15, -0.1) is 12.3 Å². The van der Waals surface area contributed by atoms with Crippen molar-refractivity contribution in [3.8, 4) is 12.3 Å². The van der Waals surface area contributed by atoms with Crippen molar-refractivity contribution >= 4 is 11.8 Å². The highest BCUT2D eigenvalue weighted by Crippen LogP contribution is 2.36. The molecule has 1 unspecified atom stereocenters. The molecule has 0 bridgehead atoms. The Kier molecular flexibility index (Phi) is 5.59. The van der Waals surface area contributed by atoms with Gasteiger partial charge in [-0.3, -0.25) is 9.59 Å². The summed E-state index contributed by atoms with van der Waals surface area (Å²) in [6.45, 7) is 4.43. The molecule has 8 nitrogen and oxygen atoms in total. The van der Waals surface area contributed by atoms with Gasteiger partial charge in [0.2, 0.25) is 11.7 Å². The predicted molar refractivity (Wildman–Crippen MR) is 97.9 cm³/mol. The van der Waals surface area contributed by atoms with E-state index in [1.165, 1.54) is 0 Å². The molecule has 3 rings (SSSR count). The molecular weight excluding hydrogens is 346 g/mol. The first-order valence-corrected chi connectivity index (χ1v) is 9.36. The molecule has 1 aromatic heterocycles. The van der Waals surface area contributed by atoms with Crippen LogP contribution in [0.5, 0.6) is 0 Å². The number of terminal acetylenes is 1. The van der Waals surface area contributed by atoms with Gasteiger partial charge in [0.25, 0.3) is 5.91 Å². The third-order valence-electron chi connectivity index (χ3n) is 5.04. The number of aromatic nitrogens is 1. The van der Waals surface area contributed by atoms with Crippen LogP contribution in [0.2, 0.25) is 0 Å². The normalized spacial score (nSPS) is 20.2. The third-order valence-corrected chi connectivity index (χ3v) is 5.04. The molecule has 1 fully saturated rings. The summed E-state index contributed by atoms with van der Waals surface area (Å²) in [7, 11) is 0. The average Bonchev–Trinajstić information content (AvgIpc) is 3.35. The number of carbonyl (C=O) groups excluding carboxylic acids is 2. The second kappa shape index (κ2) is 7.91. The highest BCUT2D eigenvalue weighted by atomic mass is 16.4. The van der Waals surface area contributed by atoms with Crippen LogP contribution >= 0.6 is 0 Å². The molecule has 0 aromatic carbocycles. The van der Waals surface area contributed by atoms with E-state index in [-0.39, 0.29) is 17.6 Å². The van der Waals surface area contributed by atoms with Gasteiger partial charge in [-0.2, -0.15) is 10.2 Å². The lowest BCUT2D eigenvalue weighted by molar-refractivity contribution is -0.126. The molecule has 2 aliphatic heterocycles. The van der Waals surface area contributed by atoms with Gasteiger partial charge in [0.05, 0.1) is 5.69 Å². The van der Waals surface area contributed by atoms with Crippen molar-refractivity contribution in [1.29, 1.82) is 0 Å². The summed E-state index contributed by atoms with van der Waals surface area (Å²) in [5, 5.41) is 11.1. The van der Waals surface area contributed by atoms with Crippen molar-refractivity contribution < 1.29 is 14.0 Å². The number of piperidine rings is 1. The zero-order chi connectivity index (χ0) is 19.4. The van der Waals surface area contributed by atoms with Crippen LogP contribution in [0.25, 0.3) is 0 Å². The summed E-state index contributed by atoms with van der Waals surface area (Å²) in [5.74, 6) is 2.83. The second-order valence-corrected chi connectivity index (χ2v) is 7.09. The molecule has 1 atom stereocenters. The fourth-order valence-electron chi connectivity index (χ4n) is 3.48. The quantitative estimate of drug-likeness (QED) is 0.744. The minimum Gasteiger partial charge on any atom is -0.436 e. The Hall–Kier alpha value is -2.69. The van der Waals surface area contributed by atoms with Gasteiger partial charge >= 0.3 is 0 Å². The maximum atomic E-state index is 12.9. The largest absolute Gasteiger partial charge is 0.436 e. The molecule has 1 saturated heterocycles. The Labute approximate surface area is 158 Å². The molecule has 0 aliphatic carbocycles. The van der Waals surface area contributed by atoms with Crippen molar-refractivity contribution in [2.75, 3.05) is 13.1 Å². The number of nitrogens with one attached hydrogen (secondary N) is 1. The van der Waals surface area contributed by atoms with Crippen LogP contribution in [-0.4, -0.2) is 46.5 Å². The summed E-state index contributed by atoms with van der Waals surface area (Å²) < 4.78 is 5.45. The van der Waals surface area contributed by atoms with E-state index in [0.29, 0.717) is 50.4 Å². The minimum atomic E-state index is -0.495. The molecule has 144 valence electrons. The fourth-order valence-corrected chi connectivity index (χ4v) is 3.48. The summed E-state index contributed by atoms with van der Waals surface area (Å²) in [4.78, 5) is 31.3. The fraction of sp³-hybridized carbons (Fsp3) is 0.632. The van der Waals surface area contributed by atoms with Gasteiger partial charge < -0.3 is 14.6 Å². The molecule has 8 heteroatoms. The highest BCUT2D eigenvalue weighted by Gasteiger charge is 2.39. The van der Waals surface area contributed by atoms with E-state index >= 15 is 0 Å². The number of oxazole rings is 1. The van der Waals surface area contributed by atoms with Gasteiger partial charge in [0, 0.05) is 39.3 Å². The second-order valence-electron chi connectivity index (χ2n) is 7.09. The Morgan fingerprint density at radius 2 is 2.11 bits per heavy atom. The zero-order valence-corrected chi connectivity index (χ0v) is 15.8. The predicted octanol–water partition coefficient (Wildman–Crippen LogP) is 2.37. The lowest BCUT2D eigenvalue weighted by atomic mass is 10.00. The molecule has 0 saturated carbocycles. The molecule has 0 spiro atoms. The van der Waals surface area contributed by atoms with Crippen LogP contribution in [0.4, 0.5) is 0 Å². The number of amides is 2. The van der Waals surface area contributed by atoms with Crippen LogP contribution in [-0.2, 0) is 4.79 Å². The van der Waals surface area contributed by atoms with Crippen LogP contribution in [0.1, 0.15) is 60.7 Å². The lowest BCUT2D eigenvalue weighted by Gasteiger charge is -2.34. The zero-order valence-electron chi connectivity index (χ0n) is 15.8. The third kappa shape index (κ3) is 4.35. The molecule has 2 aliphatic rings. The van der Waals surface area contributed by atoms with E-state index in [0.717, 1.165) is 12.8 Å². The van der Waals surface area contributed by atoms with Crippen molar-refractivity contribution in [2.24, 2.45) is 10.2 Å². The smallest absolute Gasteiger partial charge is 0.292 e. The topological polar surface area (TPSA) is 100 Å². The minimum absolute atomic E-state index is 0.148. The molecule has 0 radical (unpaired) electrons. The maximum Gasteiger partial charge on any atom is 0.292 e. The first kappa shape index (κ1) is 19.1. The van der Waals surface area contributed by atoms with Crippen molar-refractivity contribution in [3.63, 3.8) is 0 Å². The number of aryl methyl sites for hydroxylation is 2. The standard InChI is InChI=1S/C19H25N5O3/c1-4-5-9-19(22-23-19)10-11-20-17(25)15-8-6-7-12-24(15)18(26)16-13(2)21-14(3)27-16/h1,15H,5-12H2,2-3H3,(H,20,25). The van der Waals surface area contributed by atoms with Crippen molar-refractivity contribution in [3.05, 3.63) is 17.3 Å². The van der Waals surface area contributed by atoms with Crippen molar-refractivity contribution in [1.82, 2.24) is 15.2 Å².